The standard InChI is InChI=1S/C58H111NO4/c1-3-5-7-9-11-13-15-17-19-21-23-25-26-27-28-29-30-31-32-33-35-37-39-41-43-45-47-49-51-55(61)53-58(63)59-56(54-60)57(62)52-50-48-46-44-42-40-38-36-34-24-22-20-18-16-14-12-10-8-6-4-2/h34,36,42,44,50,52,55-57,60-62H,3-33,35,37-41,43,45-49,51,53-54H2,1-2H3,(H,59,63)/b36-34+,44-42+,52-50+. The van der Waals surface area contributed by atoms with Gasteiger partial charge in [0.15, 0.2) is 0 Å². The first-order valence-electron chi connectivity index (χ1n) is 28.3. The zero-order valence-electron chi connectivity index (χ0n) is 42.5. The molecule has 3 atom stereocenters. The molecule has 0 aromatic rings. The Bertz CT molecular complexity index is 978. The first-order valence-corrected chi connectivity index (χ1v) is 28.3. The molecule has 5 nitrogen and oxygen atoms in total. The van der Waals surface area contributed by atoms with E-state index in [1.807, 2.05) is 6.08 Å². The van der Waals surface area contributed by atoms with Gasteiger partial charge in [0.25, 0.3) is 0 Å². The van der Waals surface area contributed by atoms with E-state index >= 15 is 0 Å². The third kappa shape index (κ3) is 49.8. The topological polar surface area (TPSA) is 89.8 Å². The Morgan fingerprint density at radius 2 is 0.683 bits per heavy atom. The summed E-state index contributed by atoms with van der Waals surface area (Å²) in [5.41, 5.74) is 0. The van der Waals surface area contributed by atoms with Crippen LogP contribution in [-0.4, -0.2) is 46.1 Å². The van der Waals surface area contributed by atoms with E-state index < -0.39 is 18.2 Å². The predicted molar refractivity (Wildman–Crippen MR) is 278 cm³/mol. The fraction of sp³-hybridized carbons (Fsp3) is 0.879. The van der Waals surface area contributed by atoms with E-state index in [9.17, 15) is 20.1 Å². The maximum Gasteiger partial charge on any atom is 0.222 e. The summed E-state index contributed by atoms with van der Waals surface area (Å²) in [5, 5.41) is 33.4. The molecule has 0 aromatic carbocycles. The molecular weight excluding hydrogens is 775 g/mol. The number of allylic oxidation sites excluding steroid dienone is 5. The number of carbonyl (C=O) groups excluding carboxylic acids is 1. The lowest BCUT2D eigenvalue weighted by Crippen LogP contribution is -2.45. The first kappa shape index (κ1) is 61.6. The van der Waals surface area contributed by atoms with Crippen LogP contribution in [0.5, 0.6) is 0 Å². The van der Waals surface area contributed by atoms with Crippen molar-refractivity contribution in [1.29, 1.82) is 0 Å². The van der Waals surface area contributed by atoms with Crippen molar-refractivity contribution in [2.75, 3.05) is 6.61 Å². The fourth-order valence-electron chi connectivity index (χ4n) is 8.85. The fourth-order valence-corrected chi connectivity index (χ4v) is 8.85. The lowest BCUT2D eigenvalue weighted by molar-refractivity contribution is -0.124. The summed E-state index contributed by atoms with van der Waals surface area (Å²) >= 11 is 0. The summed E-state index contributed by atoms with van der Waals surface area (Å²) in [6.07, 6.45) is 69.1. The number of aliphatic hydroxyl groups excluding tert-OH is 3. The van der Waals surface area contributed by atoms with Crippen LogP contribution in [0.3, 0.4) is 0 Å². The normalized spacial score (nSPS) is 13.5. The predicted octanol–water partition coefficient (Wildman–Crippen LogP) is 17.4. The summed E-state index contributed by atoms with van der Waals surface area (Å²) < 4.78 is 0. The zero-order valence-corrected chi connectivity index (χ0v) is 42.5. The summed E-state index contributed by atoms with van der Waals surface area (Å²) in [4.78, 5) is 12.5. The molecular formula is C58H111NO4. The van der Waals surface area contributed by atoms with Crippen LogP contribution in [0.15, 0.2) is 36.5 Å². The lowest BCUT2D eigenvalue weighted by atomic mass is 10.0. The molecule has 0 saturated carbocycles. The van der Waals surface area contributed by atoms with E-state index in [0.29, 0.717) is 6.42 Å². The van der Waals surface area contributed by atoms with E-state index in [-0.39, 0.29) is 18.9 Å². The van der Waals surface area contributed by atoms with Crippen LogP contribution >= 0.6 is 0 Å². The van der Waals surface area contributed by atoms with E-state index in [2.05, 4.69) is 43.5 Å². The molecule has 5 heteroatoms. The Hall–Kier alpha value is -1.43. The van der Waals surface area contributed by atoms with Gasteiger partial charge in [0.1, 0.15) is 0 Å². The van der Waals surface area contributed by atoms with Gasteiger partial charge in [-0.25, -0.2) is 0 Å². The van der Waals surface area contributed by atoms with Crippen LogP contribution in [0, 0.1) is 0 Å². The summed E-state index contributed by atoms with van der Waals surface area (Å²) in [6, 6.07) is -0.767. The number of aliphatic hydroxyl groups is 3. The Morgan fingerprint density at radius 3 is 1.02 bits per heavy atom. The van der Waals surface area contributed by atoms with E-state index in [1.165, 1.54) is 238 Å². The minimum Gasteiger partial charge on any atom is -0.394 e. The van der Waals surface area contributed by atoms with Crippen LogP contribution in [0.2, 0.25) is 0 Å². The van der Waals surface area contributed by atoms with E-state index in [0.717, 1.165) is 38.5 Å². The van der Waals surface area contributed by atoms with Gasteiger partial charge in [0.2, 0.25) is 5.91 Å². The van der Waals surface area contributed by atoms with Crippen molar-refractivity contribution >= 4 is 5.91 Å². The minimum absolute atomic E-state index is 0.00569. The summed E-state index contributed by atoms with van der Waals surface area (Å²) in [7, 11) is 0. The van der Waals surface area contributed by atoms with Crippen LogP contribution in [0.4, 0.5) is 0 Å². The monoisotopic (exact) mass is 886 g/mol. The molecule has 0 aliphatic rings. The van der Waals surface area contributed by atoms with Crippen LogP contribution in [0.1, 0.15) is 303 Å². The molecule has 0 heterocycles. The van der Waals surface area contributed by atoms with Crippen LogP contribution in [0.25, 0.3) is 0 Å². The second-order valence-electron chi connectivity index (χ2n) is 19.5. The highest BCUT2D eigenvalue weighted by Crippen LogP contribution is 2.18. The van der Waals surface area contributed by atoms with Gasteiger partial charge in [-0.2, -0.15) is 0 Å². The van der Waals surface area contributed by atoms with Crippen molar-refractivity contribution in [2.24, 2.45) is 0 Å². The highest BCUT2D eigenvalue weighted by atomic mass is 16.3. The maximum absolute atomic E-state index is 12.5. The second kappa shape index (κ2) is 53.2. The lowest BCUT2D eigenvalue weighted by Gasteiger charge is -2.21. The molecule has 3 unspecified atom stereocenters. The number of hydrogen-bond donors (Lipinski definition) is 4. The average molecular weight is 887 g/mol. The van der Waals surface area contributed by atoms with Crippen molar-refractivity contribution in [2.45, 2.75) is 321 Å². The minimum atomic E-state index is -0.959. The highest BCUT2D eigenvalue weighted by molar-refractivity contribution is 5.76. The second-order valence-corrected chi connectivity index (χ2v) is 19.5. The van der Waals surface area contributed by atoms with E-state index in [1.54, 1.807) is 6.08 Å². The van der Waals surface area contributed by atoms with Gasteiger partial charge in [-0.15, -0.1) is 0 Å². The molecule has 0 spiro atoms. The van der Waals surface area contributed by atoms with Crippen molar-refractivity contribution in [1.82, 2.24) is 5.32 Å². The Kier molecular flexibility index (Phi) is 52.0. The largest absolute Gasteiger partial charge is 0.394 e. The molecule has 0 aromatic heterocycles. The molecule has 0 fully saturated rings. The Balaban J connectivity index is 3.58. The summed E-state index contributed by atoms with van der Waals surface area (Å²) in [6.45, 7) is 4.23. The molecule has 1 amide bonds. The van der Waals surface area contributed by atoms with Gasteiger partial charge in [-0.3, -0.25) is 4.79 Å². The number of unbranched alkanes of at least 4 members (excludes halogenated alkanes) is 39. The van der Waals surface area contributed by atoms with Gasteiger partial charge in [0, 0.05) is 0 Å². The third-order valence-corrected chi connectivity index (χ3v) is 13.2. The molecule has 4 N–H and O–H groups in total. The quantitative estimate of drug-likeness (QED) is 0.0362. The highest BCUT2D eigenvalue weighted by Gasteiger charge is 2.20. The summed E-state index contributed by atoms with van der Waals surface area (Å²) in [5.74, 6) is -0.324. The van der Waals surface area contributed by atoms with Crippen molar-refractivity contribution < 1.29 is 20.1 Å². The molecule has 63 heavy (non-hydrogen) atoms. The van der Waals surface area contributed by atoms with Crippen molar-refractivity contribution in [3.8, 4) is 0 Å². The van der Waals surface area contributed by atoms with Gasteiger partial charge < -0.3 is 20.6 Å². The Morgan fingerprint density at radius 1 is 0.397 bits per heavy atom. The van der Waals surface area contributed by atoms with Gasteiger partial charge in [0.05, 0.1) is 31.3 Å². The average Bonchev–Trinajstić information content (AvgIpc) is 3.28. The smallest absolute Gasteiger partial charge is 0.222 e. The number of amides is 1. The first-order chi connectivity index (χ1) is 31.0. The third-order valence-electron chi connectivity index (χ3n) is 13.2. The molecule has 0 saturated heterocycles. The van der Waals surface area contributed by atoms with Crippen molar-refractivity contribution in [3.63, 3.8) is 0 Å². The molecule has 0 bridgehead atoms. The van der Waals surface area contributed by atoms with Gasteiger partial charge in [-0.1, -0.05) is 288 Å². The molecule has 0 aliphatic heterocycles. The van der Waals surface area contributed by atoms with Crippen LogP contribution in [-0.2, 0) is 4.79 Å². The maximum atomic E-state index is 12.5. The van der Waals surface area contributed by atoms with Gasteiger partial charge >= 0.3 is 0 Å². The SMILES string of the molecule is CCCCCCCCCCCC/C=C/CC/C=C/CC/C=C/C(O)C(CO)NC(=O)CC(O)CCCCCCCCCCCCCCCCCCCCCCCCCCCCCC. The molecule has 372 valence electrons. The van der Waals surface area contributed by atoms with Crippen molar-refractivity contribution in [3.05, 3.63) is 36.5 Å². The molecule has 0 radical (unpaired) electrons. The Labute approximate surface area is 394 Å². The van der Waals surface area contributed by atoms with Crippen LogP contribution < -0.4 is 5.32 Å². The van der Waals surface area contributed by atoms with E-state index in [4.69, 9.17) is 0 Å². The zero-order chi connectivity index (χ0) is 45.8. The molecule has 0 rings (SSSR count). The number of carbonyl (C=O) groups is 1. The number of rotatable bonds is 52. The molecule has 0 aliphatic carbocycles. The number of nitrogens with one attached hydrogen (secondary N) is 1. The van der Waals surface area contributed by atoms with Gasteiger partial charge in [-0.05, 0) is 44.9 Å². The number of hydrogen-bond acceptors (Lipinski definition) is 4.